The maximum absolute atomic E-state index is 14.8. The summed E-state index contributed by atoms with van der Waals surface area (Å²) < 4.78 is 73.1. The van der Waals surface area contributed by atoms with Gasteiger partial charge in [0.15, 0.2) is 0 Å². The maximum atomic E-state index is 14.8. The number of hydrogen-bond donors (Lipinski definition) is 2. The first kappa shape index (κ1) is 34.5. The number of hydrogen-bond acceptors (Lipinski definition) is 6. The van der Waals surface area contributed by atoms with Gasteiger partial charge in [-0.05, 0) is 99.4 Å². The molecule has 6 aliphatic rings. The Balaban J connectivity index is 0.00000184. The molecule has 2 aromatic carbocycles. The molecule has 0 radical (unpaired) electrons. The second-order valence-corrected chi connectivity index (χ2v) is 17.3. The number of alkyl halides is 3. The Morgan fingerprint density at radius 3 is 2.33 bits per heavy atom. The zero-order chi connectivity index (χ0) is 36.1. The standard InChI is InChI=1S/C37H40F3N3O5S.CH5N/c1-48-23-8-10-24-26(18-23)27-19-36(27,34(45)43-29-11-13-35(29)14-12-30(35)43)20-42-28-17-22(33(44)41-49(46,47)16-15-37(38,39)40)7-9-25(28)31(32(24)42)21-5-3-2-4-6-21;1-2/h7-10,17-18,21,27,29-30H,2-6,11-16,19-20H2,1H3,(H,41,44);2H2,1H3. The molecule has 3 aromatic rings. The zero-order valence-corrected chi connectivity index (χ0v) is 29.8. The second-order valence-electron chi connectivity index (χ2n) is 15.5. The van der Waals surface area contributed by atoms with Gasteiger partial charge in [0.25, 0.3) is 5.91 Å². The molecule has 1 spiro atoms. The molecular formula is C38H45F3N4O5S. The average Bonchev–Trinajstić information content (AvgIpc) is 3.76. The van der Waals surface area contributed by atoms with Crippen molar-refractivity contribution in [2.45, 2.75) is 107 Å². The highest BCUT2D eigenvalue weighted by Crippen LogP contribution is 2.72. The van der Waals surface area contributed by atoms with E-state index in [1.807, 2.05) is 16.9 Å². The fourth-order valence-corrected chi connectivity index (χ4v) is 11.4. The molecule has 9 nitrogen and oxygen atoms in total. The minimum Gasteiger partial charge on any atom is -0.497 e. The molecule has 1 aromatic heterocycles. The Labute approximate surface area is 296 Å². The lowest BCUT2D eigenvalue weighted by Gasteiger charge is -2.77. The van der Waals surface area contributed by atoms with E-state index in [4.69, 9.17) is 4.74 Å². The maximum Gasteiger partial charge on any atom is 0.390 e. The first-order valence-corrected chi connectivity index (χ1v) is 19.9. The number of benzene rings is 2. The van der Waals surface area contributed by atoms with Gasteiger partial charge in [0, 0.05) is 52.0 Å². The molecule has 51 heavy (non-hydrogen) atoms. The Bertz CT molecular complexity index is 2020. The monoisotopic (exact) mass is 726 g/mol. The summed E-state index contributed by atoms with van der Waals surface area (Å²) in [6.45, 7) is 0.434. The van der Waals surface area contributed by atoms with Crippen molar-refractivity contribution in [1.82, 2.24) is 14.2 Å². The van der Waals surface area contributed by atoms with Crippen molar-refractivity contribution >= 4 is 32.7 Å². The summed E-state index contributed by atoms with van der Waals surface area (Å²) in [6.07, 6.45) is 4.44. The number of fused-ring (bicyclic) bond motifs is 7. The predicted octanol–water partition coefficient (Wildman–Crippen LogP) is 6.59. The third-order valence-electron chi connectivity index (χ3n) is 13.1. The third-order valence-corrected chi connectivity index (χ3v) is 14.4. The smallest absolute Gasteiger partial charge is 0.390 e. The predicted molar refractivity (Wildman–Crippen MR) is 187 cm³/mol. The molecule has 5 fully saturated rings. The Morgan fingerprint density at radius 2 is 1.71 bits per heavy atom. The van der Waals surface area contributed by atoms with Crippen LogP contribution >= 0.6 is 0 Å². The molecule has 4 unspecified atom stereocenters. The number of piperidine rings is 2. The van der Waals surface area contributed by atoms with Crippen molar-refractivity contribution in [3.05, 3.63) is 53.1 Å². The van der Waals surface area contributed by atoms with Crippen LogP contribution in [0.1, 0.15) is 104 Å². The number of aromatic nitrogens is 1. The Morgan fingerprint density at radius 1 is 1.00 bits per heavy atom. The number of methoxy groups -OCH3 is 1. The van der Waals surface area contributed by atoms with Crippen molar-refractivity contribution < 1.29 is 35.9 Å². The van der Waals surface area contributed by atoms with Crippen LogP contribution in [0.3, 0.4) is 0 Å². The Hall–Kier alpha value is -3.58. The quantitative estimate of drug-likeness (QED) is 0.283. The molecule has 4 aliphatic carbocycles. The van der Waals surface area contributed by atoms with Crippen LogP contribution in [0.5, 0.6) is 5.75 Å². The third kappa shape index (κ3) is 5.22. The fourth-order valence-electron chi connectivity index (χ4n) is 10.4. The molecule has 13 heteroatoms. The molecule has 0 bridgehead atoms. The van der Waals surface area contributed by atoms with Crippen molar-refractivity contribution in [2.75, 3.05) is 19.9 Å². The first-order chi connectivity index (χ1) is 24.4. The van der Waals surface area contributed by atoms with E-state index in [2.05, 4.69) is 27.3 Å². The number of carbonyl (C=O) groups excluding carboxylic acids is 2. The molecular weight excluding hydrogens is 682 g/mol. The van der Waals surface area contributed by atoms with Crippen LogP contribution in [-0.4, -0.2) is 67.9 Å². The summed E-state index contributed by atoms with van der Waals surface area (Å²) in [5.41, 5.74) is 9.36. The summed E-state index contributed by atoms with van der Waals surface area (Å²) in [4.78, 5) is 30.3. The number of nitrogens with two attached hydrogens (primary N) is 1. The molecule has 3 N–H and O–H groups in total. The second kappa shape index (κ2) is 12.0. The van der Waals surface area contributed by atoms with Crippen LogP contribution in [0.25, 0.3) is 22.2 Å². The van der Waals surface area contributed by atoms with Crippen molar-refractivity contribution in [3.63, 3.8) is 0 Å². The number of likely N-dealkylation sites (tertiary alicyclic amines) is 1. The number of carbonyl (C=O) groups is 2. The van der Waals surface area contributed by atoms with Crippen LogP contribution in [-0.2, 0) is 21.4 Å². The molecule has 2 aliphatic heterocycles. The fraction of sp³-hybridized carbons (Fsp3) is 0.579. The minimum atomic E-state index is -4.67. The zero-order valence-electron chi connectivity index (χ0n) is 29.0. The number of nitrogens with zero attached hydrogens (tertiary/aromatic N) is 2. The summed E-state index contributed by atoms with van der Waals surface area (Å²) >= 11 is 0. The van der Waals surface area contributed by atoms with Gasteiger partial charge < -0.3 is 19.9 Å². The van der Waals surface area contributed by atoms with Gasteiger partial charge >= 0.3 is 6.18 Å². The van der Waals surface area contributed by atoms with Crippen molar-refractivity contribution in [2.24, 2.45) is 16.6 Å². The van der Waals surface area contributed by atoms with Crippen LogP contribution < -0.4 is 15.2 Å². The number of rotatable bonds is 7. The number of amides is 2. The van der Waals surface area contributed by atoms with Crippen LogP contribution in [0.2, 0.25) is 0 Å². The topological polar surface area (TPSA) is 124 Å². The molecule has 4 atom stereocenters. The first-order valence-electron chi connectivity index (χ1n) is 18.2. The SMILES string of the molecule is CN.COc1ccc2c(c1)C1CC1(C(=O)N1C3CCC34CCC14)Cn1c-2c(C2CCCCC2)c2ccc(C(=O)NS(=O)(=O)CCC(F)(F)F)cc21. The average molecular weight is 727 g/mol. The molecule has 9 rings (SSSR count). The normalized spacial score (nSPS) is 28.8. The number of sulfonamides is 1. The van der Waals surface area contributed by atoms with Crippen LogP contribution in [0.15, 0.2) is 36.4 Å². The van der Waals surface area contributed by atoms with Gasteiger partial charge in [0.05, 0.1) is 30.4 Å². The van der Waals surface area contributed by atoms with Crippen LogP contribution in [0, 0.1) is 10.8 Å². The molecule has 3 heterocycles. The van der Waals surface area contributed by atoms with E-state index in [-0.39, 0.29) is 23.3 Å². The van der Waals surface area contributed by atoms with Crippen molar-refractivity contribution in [3.8, 4) is 17.0 Å². The molecule has 2 amide bonds. The van der Waals surface area contributed by atoms with E-state index in [0.29, 0.717) is 30.5 Å². The largest absolute Gasteiger partial charge is 0.497 e. The lowest BCUT2D eigenvalue weighted by Crippen LogP contribution is -2.83. The Kier molecular flexibility index (Phi) is 8.10. The lowest BCUT2D eigenvalue weighted by atomic mass is 9.42. The van der Waals surface area contributed by atoms with Gasteiger partial charge in [-0.3, -0.25) is 9.59 Å². The van der Waals surface area contributed by atoms with Gasteiger partial charge in [0.1, 0.15) is 5.75 Å². The van der Waals surface area contributed by atoms with E-state index < -0.39 is 39.7 Å². The minimum absolute atomic E-state index is 0.0136. The highest BCUT2D eigenvalue weighted by molar-refractivity contribution is 7.90. The number of nitrogens with one attached hydrogen (secondary N) is 1. The van der Waals surface area contributed by atoms with E-state index in [1.54, 1.807) is 19.2 Å². The summed E-state index contributed by atoms with van der Waals surface area (Å²) in [5.74, 6) is -0.966. The van der Waals surface area contributed by atoms with E-state index in [9.17, 15) is 31.2 Å². The van der Waals surface area contributed by atoms with Gasteiger partial charge in [-0.2, -0.15) is 13.2 Å². The number of halogens is 3. The summed E-state index contributed by atoms with van der Waals surface area (Å²) in [6, 6.07) is 11.9. The van der Waals surface area contributed by atoms with Gasteiger partial charge in [0.2, 0.25) is 15.9 Å². The van der Waals surface area contributed by atoms with Crippen molar-refractivity contribution in [1.29, 1.82) is 0 Å². The number of ether oxygens (including phenoxy) is 1. The highest BCUT2D eigenvalue weighted by Gasteiger charge is 2.75. The van der Waals surface area contributed by atoms with Gasteiger partial charge in [-0.25, -0.2) is 13.1 Å². The van der Waals surface area contributed by atoms with Gasteiger partial charge in [-0.1, -0.05) is 25.3 Å². The molecule has 274 valence electrons. The molecule has 4 saturated carbocycles. The highest BCUT2D eigenvalue weighted by atomic mass is 32.2. The summed E-state index contributed by atoms with van der Waals surface area (Å²) in [7, 11) is -1.37. The van der Waals surface area contributed by atoms with E-state index in [1.165, 1.54) is 31.9 Å². The summed E-state index contributed by atoms with van der Waals surface area (Å²) in [5, 5.41) is 0.961. The van der Waals surface area contributed by atoms with E-state index in [0.717, 1.165) is 72.0 Å². The lowest BCUT2D eigenvalue weighted by molar-refractivity contribution is -0.259. The van der Waals surface area contributed by atoms with Gasteiger partial charge in [-0.15, -0.1) is 0 Å². The van der Waals surface area contributed by atoms with E-state index >= 15 is 0 Å². The van der Waals surface area contributed by atoms with Crippen LogP contribution in [0.4, 0.5) is 13.2 Å². The molecule has 1 saturated heterocycles.